The minimum absolute atomic E-state index is 0.211. The minimum Gasteiger partial charge on any atom is -0.296 e. The van der Waals surface area contributed by atoms with E-state index >= 15 is 0 Å². The van der Waals surface area contributed by atoms with E-state index in [0.29, 0.717) is 35.6 Å². The molecule has 1 amide bonds. The van der Waals surface area contributed by atoms with Crippen molar-refractivity contribution in [3.05, 3.63) is 29.8 Å². The summed E-state index contributed by atoms with van der Waals surface area (Å²) in [5, 5.41) is 11.1. The highest BCUT2D eigenvalue weighted by Crippen LogP contribution is 2.27. The fraction of sp³-hybridized carbons (Fsp3) is 0.500. The molecule has 0 unspecified atom stereocenters. The van der Waals surface area contributed by atoms with Gasteiger partial charge < -0.3 is 0 Å². The maximum atomic E-state index is 12.9. The molecule has 0 aliphatic carbocycles. The molecule has 2 aromatic rings. The topological polar surface area (TPSA) is 92.3 Å². The number of aromatic nitrogens is 2. The lowest BCUT2D eigenvalue weighted by molar-refractivity contribution is 0.102. The van der Waals surface area contributed by atoms with Crippen molar-refractivity contribution in [2.45, 2.75) is 36.4 Å². The summed E-state index contributed by atoms with van der Waals surface area (Å²) in [5.41, 5.74) is 0.374. The number of benzene rings is 1. The van der Waals surface area contributed by atoms with Crippen molar-refractivity contribution in [2.75, 3.05) is 24.2 Å². The van der Waals surface area contributed by atoms with E-state index in [1.807, 2.05) is 6.92 Å². The molecule has 1 aromatic heterocycles. The number of carbonyl (C=O) groups excluding carboxylic acids is 1. The fourth-order valence-corrected chi connectivity index (χ4v) is 6.66. The molecule has 1 fully saturated rings. The molecule has 0 bridgehead atoms. The second kappa shape index (κ2) is 8.89. The first-order valence-electron chi connectivity index (χ1n) is 9.17. The van der Waals surface area contributed by atoms with Crippen LogP contribution in [0.5, 0.6) is 0 Å². The monoisotopic (exact) mass is 440 g/mol. The molecule has 0 radical (unpaired) electrons. The Kier molecular flexibility index (Phi) is 6.74. The molecule has 0 spiro atoms. The molecular weight excluding hydrogens is 416 g/mol. The number of hydrogen-bond donors (Lipinski definition) is 1. The van der Waals surface area contributed by atoms with E-state index in [4.69, 9.17) is 0 Å². The predicted molar refractivity (Wildman–Crippen MR) is 112 cm³/mol. The number of rotatable bonds is 6. The Hall–Kier alpha value is -1.49. The summed E-state index contributed by atoms with van der Waals surface area (Å²) in [7, 11) is -3.55. The van der Waals surface area contributed by atoms with Crippen LogP contribution in [0.25, 0.3) is 0 Å². The highest BCUT2D eigenvalue weighted by atomic mass is 32.2. The first-order valence-corrected chi connectivity index (χ1v) is 12.4. The number of amides is 1. The Morgan fingerprint density at radius 3 is 2.46 bits per heavy atom. The molecule has 28 heavy (non-hydrogen) atoms. The van der Waals surface area contributed by atoms with Crippen LogP contribution in [-0.4, -0.2) is 47.7 Å². The summed E-state index contributed by atoms with van der Waals surface area (Å²) in [4.78, 5) is 12.6. The first-order chi connectivity index (χ1) is 13.3. The van der Waals surface area contributed by atoms with Crippen LogP contribution >= 0.6 is 23.1 Å². The highest BCUT2D eigenvalue weighted by Gasteiger charge is 2.31. The second-order valence-corrected chi connectivity index (χ2v) is 11.5. The summed E-state index contributed by atoms with van der Waals surface area (Å²) >= 11 is 2.87. The Labute approximate surface area is 174 Å². The summed E-state index contributed by atoms with van der Waals surface area (Å²) < 4.78 is 28.2. The fourth-order valence-electron chi connectivity index (χ4n) is 3.34. The smallest absolute Gasteiger partial charge is 0.257 e. The van der Waals surface area contributed by atoms with Crippen LogP contribution in [-0.2, 0) is 10.0 Å². The largest absolute Gasteiger partial charge is 0.296 e. The number of nitrogens with zero attached hydrogens (tertiary/aromatic N) is 3. The molecule has 1 aromatic carbocycles. The molecular formula is C18H24N4O3S3. The van der Waals surface area contributed by atoms with Gasteiger partial charge in [0.05, 0.1) is 4.90 Å². The molecule has 1 aliphatic rings. The molecule has 10 heteroatoms. The Bertz CT molecular complexity index is 918. The van der Waals surface area contributed by atoms with Crippen LogP contribution in [0.4, 0.5) is 5.13 Å². The van der Waals surface area contributed by atoms with E-state index in [-0.39, 0.29) is 10.8 Å². The van der Waals surface area contributed by atoms with Gasteiger partial charge in [-0.15, -0.1) is 10.2 Å². The maximum Gasteiger partial charge on any atom is 0.257 e. The number of anilines is 1. The van der Waals surface area contributed by atoms with Gasteiger partial charge in [-0.05, 0) is 48.3 Å². The van der Waals surface area contributed by atoms with Gasteiger partial charge >= 0.3 is 0 Å². The zero-order chi connectivity index (χ0) is 20.3. The number of sulfonamides is 1. The molecule has 2 atom stereocenters. The molecule has 3 rings (SSSR count). The van der Waals surface area contributed by atoms with Crippen LogP contribution < -0.4 is 5.32 Å². The highest BCUT2D eigenvalue weighted by molar-refractivity contribution is 8.01. The molecule has 1 N–H and O–H groups in total. The zero-order valence-electron chi connectivity index (χ0n) is 16.1. The average molecular weight is 441 g/mol. The van der Waals surface area contributed by atoms with Crippen molar-refractivity contribution in [1.82, 2.24) is 14.5 Å². The quantitative estimate of drug-likeness (QED) is 0.545. The van der Waals surface area contributed by atoms with E-state index in [2.05, 4.69) is 29.4 Å². The number of carbonyl (C=O) groups is 1. The lowest BCUT2D eigenvalue weighted by Gasteiger charge is -2.34. The van der Waals surface area contributed by atoms with Crippen molar-refractivity contribution < 1.29 is 13.2 Å². The van der Waals surface area contributed by atoms with Gasteiger partial charge in [0.2, 0.25) is 15.2 Å². The van der Waals surface area contributed by atoms with E-state index < -0.39 is 10.0 Å². The van der Waals surface area contributed by atoms with Crippen LogP contribution in [0.1, 0.15) is 37.6 Å². The number of piperidine rings is 1. The van der Waals surface area contributed by atoms with E-state index in [1.54, 1.807) is 16.1 Å². The van der Waals surface area contributed by atoms with Gasteiger partial charge in [0.1, 0.15) is 0 Å². The van der Waals surface area contributed by atoms with Crippen LogP contribution in [0.2, 0.25) is 0 Å². The van der Waals surface area contributed by atoms with Gasteiger partial charge in [-0.3, -0.25) is 10.1 Å². The van der Waals surface area contributed by atoms with E-state index in [1.165, 1.54) is 35.6 Å². The minimum atomic E-state index is -3.55. The second-order valence-electron chi connectivity index (χ2n) is 7.05. The normalized spacial score (nSPS) is 20.8. The average Bonchev–Trinajstić information content (AvgIpc) is 3.08. The third kappa shape index (κ3) is 4.91. The van der Waals surface area contributed by atoms with Crippen LogP contribution in [0.3, 0.4) is 0 Å². The van der Waals surface area contributed by atoms with E-state index in [9.17, 15) is 13.2 Å². The molecule has 152 valence electrons. The van der Waals surface area contributed by atoms with Crippen LogP contribution in [0.15, 0.2) is 33.5 Å². The number of thioether (sulfide) groups is 1. The third-order valence-corrected chi connectivity index (χ3v) is 8.18. The molecule has 1 saturated heterocycles. The lowest BCUT2D eigenvalue weighted by atomic mass is 9.94. The van der Waals surface area contributed by atoms with Gasteiger partial charge in [0.25, 0.3) is 5.91 Å². The Morgan fingerprint density at radius 1 is 1.21 bits per heavy atom. The van der Waals surface area contributed by atoms with Crippen molar-refractivity contribution in [3.63, 3.8) is 0 Å². The zero-order valence-corrected chi connectivity index (χ0v) is 18.5. The molecule has 7 nitrogen and oxygen atoms in total. The van der Waals surface area contributed by atoms with Crippen LogP contribution in [0, 0.1) is 11.8 Å². The maximum absolute atomic E-state index is 12.9. The molecule has 2 heterocycles. The predicted octanol–water partition coefficient (Wildman–Crippen LogP) is 3.57. The SMILES string of the molecule is CCSc1nnc(NC(=O)c2ccc(S(=O)(=O)N3C[C@H](C)C[C@@H](C)C3)cc2)s1. The summed E-state index contributed by atoms with van der Waals surface area (Å²) in [6.45, 7) is 7.23. The van der Waals surface area contributed by atoms with Crippen molar-refractivity contribution >= 4 is 44.2 Å². The number of hydrogen-bond acceptors (Lipinski definition) is 7. The molecule has 0 saturated carbocycles. The lowest BCUT2D eigenvalue weighted by Crippen LogP contribution is -2.42. The molecule has 1 aliphatic heterocycles. The Balaban J connectivity index is 1.70. The first kappa shape index (κ1) is 21.2. The third-order valence-electron chi connectivity index (χ3n) is 4.48. The summed E-state index contributed by atoms with van der Waals surface area (Å²) in [6.07, 6.45) is 1.04. The van der Waals surface area contributed by atoms with Gasteiger partial charge in [0.15, 0.2) is 4.34 Å². The van der Waals surface area contributed by atoms with E-state index in [0.717, 1.165) is 16.5 Å². The van der Waals surface area contributed by atoms with Gasteiger partial charge in [-0.1, -0.05) is 43.9 Å². The Morgan fingerprint density at radius 2 is 1.86 bits per heavy atom. The summed E-state index contributed by atoms with van der Waals surface area (Å²) in [6, 6.07) is 6.04. The summed E-state index contributed by atoms with van der Waals surface area (Å²) in [5.74, 6) is 1.22. The number of nitrogens with one attached hydrogen (secondary N) is 1. The van der Waals surface area contributed by atoms with Gasteiger partial charge in [-0.25, -0.2) is 8.42 Å². The van der Waals surface area contributed by atoms with Crippen molar-refractivity contribution in [2.24, 2.45) is 11.8 Å². The van der Waals surface area contributed by atoms with Crippen molar-refractivity contribution in [3.8, 4) is 0 Å². The van der Waals surface area contributed by atoms with Gasteiger partial charge in [0, 0.05) is 18.7 Å². The standard InChI is InChI=1S/C18H24N4O3S3/c1-4-26-18-21-20-17(27-18)19-16(23)14-5-7-15(8-6-14)28(24,25)22-10-12(2)9-13(3)11-22/h5-8,12-13H,4,9-11H2,1-3H3,(H,19,20,23)/t12-,13-/m1/s1. The van der Waals surface area contributed by atoms with Crippen molar-refractivity contribution in [1.29, 1.82) is 0 Å². The van der Waals surface area contributed by atoms with Gasteiger partial charge in [-0.2, -0.15) is 4.31 Å².